The van der Waals surface area contributed by atoms with E-state index in [1.807, 2.05) is 20.8 Å². The lowest BCUT2D eigenvalue weighted by Crippen LogP contribution is -2.27. The standard InChI is InChI=1S/C17H21NO5/c1-9-6-11(10(2)22-9)15(19)18-8-13-12(16(20)21)7-14(23-13)17(3,4)5/h6-7H,8H2,1-5H3,(H,18,19)(H,20,21)/p-1. The van der Waals surface area contributed by atoms with Crippen LogP contribution in [0.5, 0.6) is 0 Å². The molecule has 0 spiro atoms. The molecule has 0 aromatic carbocycles. The number of hydrogen-bond donors (Lipinski definition) is 1. The van der Waals surface area contributed by atoms with Crippen LogP contribution >= 0.6 is 0 Å². The first-order valence-electron chi connectivity index (χ1n) is 7.29. The Kier molecular flexibility index (Phi) is 4.36. The summed E-state index contributed by atoms with van der Waals surface area (Å²) in [5.41, 5.74) is 0.0282. The second-order valence-corrected chi connectivity index (χ2v) is 6.49. The Morgan fingerprint density at radius 2 is 1.78 bits per heavy atom. The third-order valence-electron chi connectivity index (χ3n) is 3.46. The summed E-state index contributed by atoms with van der Waals surface area (Å²) in [7, 11) is 0. The van der Waals surface area contributed by atoms with Crippen LogP contribution in [0.25, 0.3) is 0 Å². The lowest BCUT2D eigenvalue weighted by molar-refractivity contribution is -0.255. The smallest absolute Gasteiger partial charge is 0.255 e. The van der Waals surface area contributed by atoms with Gasteiger partial charge in [0.25, 0.3) is 5.91 Å². The molecule has 2 rings (SSSR count). The minimum atomic E-state index is -1.33. The highest BCUT2D eigenvalue weighted by Crippen LogP contribution is 2.27. The molecular weight excluding hydrogens is 298 g/mol. The zero-order chi connectivity index (χ0) is 17.4. The van der Waals surface area contributed by atoms with Crippen LogP contribution < -0.4 is 10.4 Å². The van der Waals surface area contributed by atoms with Gasteiger partial charge in [-0.3, -0.25) is 4.79 Å². The van der Waals surface area contributed by atoms with E-state index < -0.39 is 5.97 Å². The molecule has 1 amide bonds. The van der Waals surface area contributed by atoms with E-state index in [1.54, 1.807) is 19.9 Å². The molecule has 2 heterocycles. The Morgan fingerprint density at radius 3 is 2.26 bits per heavy atom. The number of nitrogens with one attached hydrogen (secondary N) is 1. The van der Waals surface area contributed by atoms with Gasteiger partial charge in [0.05, 0.1) is 18.1 Å². The summed E-state index contributed by atoms with van der Waals surface area (Å²) < 4.78 is 10.9. The van der Waals surface area contributed by atoms with Crippen molar-refractivity contribution in [1.29, 1.82) is 0 Å². The fraction of sp³-hybridized carbons (Fsp3) is 0.412. The quantitative estimate of drug-likeness (QED) is 0.931. The van der Waals surface area contributed by atoms with Crippen LogP contribution in [0.4, 0.5) is 0 Å². The molecule has 0 saturated heterocycles. The molecule has 23 heavy (non-hydrogen) atoms. The van der Waals surface area contributed by atoms with Crippen molar-refractivity contribution in [3.05, 3.63) is 46.3 Å². The number of rotatable bonds is 4. The fourth-order valence-corrected chi connectivity index (χ4v) is 2.21. The molecule has 2 aromatic heterocycles. The number of carbonyl (C=O) groups excluding carboxylic acids is 2. The van der Waals surface area contributed by atoms with Crippen molar-refractivity contribution in [2.75, 3.05) is 0 Å². The van der Waals surface area contributed by atoms with E-state index in [1.165, 1.54) is 6.07 Å². The number of carboxylic acids is 1. The van der Waals surface area contributed by atoms with Crippen molar-refractivity contribution in [3.8, 4) is 0 Å². The van der Waals surface area contributed by atoms with Crippen LogP contribution in [0.15, 0.2) is 21.0 Å². The average Bonchev–Trinajstić information content (AvgIpc) is 2.99. The molecule has 0 aliphatic heterocycles. The van der Waals surface area contributed by atoms with Crippen molar-refractivity contribution in [1.82, 2.24) is 5.32 Å². The number of amides is 1. The molecule has 124 valence electrons. The maximum Gasteiger partial charge on any atom is 0.255 e. The van der Waals surface area contributed by atoms with Gasteiger partial charge in [0, 0.05) is 11.0 Å². The van der Waals surface area contributed by atoms with Gasteiger partial charge in [0.2, 0.25) is 0 Å². The van der Waals surface area contributed by atoms with Gasteiger partial charge < -0.3 is 24.1 Å². The van der Waals surface area contributed by atoms with Crippen LogP contribution in [0.1, 0.15) is 64.5 Å². The number of aryl methyl sites for hydroxylation is 2. The summed E-state index contributed by atoms with van der Waals surface area (Å²) >= 11 is 0. The van der Waals surface area contributed by atoms with Gasteiger partial charge in [-0.25, -0.2) is 0 Å². The van der Waals surface area contributed by atoms with E-state index in [9.17, 15) is 14.7 Å². The molecule has 6 nitrogen and oxygen atoms in total. The van der Waals surface area contributed by atoms with Gasteiger partial charge in [-0.2, -0.15) is 0 Å². The second kappa shape index (κ2) is 5.95. The molecule has 0 bridgehead atoms. The number of carboxylic acid groups (broad SMARTS) is 1. The normalized spacial score (nSPS) is 11.5. The SMILES string of the molecule is Cc1cc(C(=O)NCc2oc(C(C)(C)C)cc2C(=O)[O-])c(C)o1. The lowest BCUT2D eigenvalue weighted by Gasteiger charge is -2.14. The minimum absolute atomic E-state index is 0.0398. The third kappa shape index (κ3) is 3.64. The fourth-order valence-electron chi connectivity index (χ4n) is 2.21. The highest BCUT2D eigenvalue weighted by Gasteiger charge is 2.23. The van der Waals surface area contributed by atoms with Crippen molar-refractivity contribution >= 4 is 11.9 Å². The van der Waals surface area contributed by atoms with E-state index in [2.05, 4.69) is 5.32 Å². The molecule has 0 aliphatic carbocycles. The summed E-state index contributed by atoms with van der Waals surface area (Å²) in [6.45, 7) is 9.13. The summed E-state index contributed by atoms with van der Waals surface area (Å²) in [5, 5.41) is 13.9. The van der Waals surface area contributed by atoms with Crippen molar-refractivity contribution in [2.24, 2.45) is 0 Å². The van der Waals surface area contributed by atoms with E-state index >= 15 is 0 Å². The molecule has 1 N–H and O–H groups in total. The Balaban J connectivity index is 2.20. The molecule has 0 atom stereocenters. The average molecular weight is 318 g/mol. The third-order valence-corrected chi connectivity index (χ3v) is 3.46. The van der Waals surface area contributed by atoms with Crippen LogP contribution in [-0.2, 0) is 12.0 Å². The highest BCUT2D eigenvalue weighted by atomic mass is 16.4. The van der Waals surface area contributed by atoms with E-state index in [4.69, 9.17) is 8.83 Å². The number of carbonyl (C=O) groups is 2. The van der Waals surface area contributed by atoms with Crippen LogP contribution in [0, 0.1) is 13.8 Å². The molecule has 0 unspecified atom stereocenters. The summed E-state index contributed by atoms with van der Waals surface area (Å²) in [6, 6.07) is 3.08. The van der Waals surface area contributed by atoms with Crippen molar-refractivity contribution < 1.29 is 23.5 Å². The molecule has 0 fully saturated rings. The van der Waals surface area contributed by atoms with Crippen LogP contribution in [-0.4, -0.2) is 11.9 Å². The summed E-state index contributed by atoms with van der Waals surface area (Å²) in [5.74, 6) is 0.157. The first-order chi connectivity index (χ1) is 10.6. The van der Waals surface area contributed by atoms with Gasteiger partial charge in [-0.05, 0) is 26.0 Å². The van der Waals surface area contributed by atoms with Gasteiger partial charge in [0.15, 0.2) is 0 Å². The number of hydrogen-bond acceptors (Lipinski definition) is 5. The summed E-state index contributed by atoms with van der Waals surface area (Å²) in [6.07, 6.45) is 0. The Morgan fingerprint density at radius 1 is 1.13 bits per heavy atom. The molecule has 6 heteroatoms. The predicted octanol–water partition coefficient (Wildman–Crippen LogP) is 2.08. The first-order valence-corrected chi connectivity index (χ1v) is 7.29. The maximum atomic E-state index is 12.2. The topological polar surface area (TPSA) is 95.5 Å². The zero-order valence-corrected chi connectivity index (χ0v) is 13.9. The zero-order valence-electron chi connectivity index (χ0n) is 13.9. The van der Waals surface area contributed by atoms with Crippen LogP contribution in [0.2, 0.25) is 0 Å². The molecule has 0 saturated carbocycles. The molecule has 2 aromatic rings. The second-order valence-electron chi connectivity index (χ2n) is 6.49. The Labute approximate surface area is 134 Å². The maximum absolute atomic E-state index is 12.2. The largest absolute Gasteiger partial charge is 0.545 e. The number of furan rings is 2. The Hall–Kier alpha value is -2.50. The molecule has 0 aliphatic rings. The van der Waals surface area contributed by atoms with E-state index in [0.717, 1.165) is 0 Å². The van der Waals surface area contributed by atoms with Crippen molar-refractivity contribution in [2.45, 2.75) is 46.6 Å². The van der Waals surface area contributed by atoms with Crippen molar-refractivity contribution in [3.63, 3.8) is 0 Å². The monoisotopic (exact) mass is 318 g/mol. The highest BCUT2D eigenvalue weighted by molar-refractivity contribution is 5.95. The van der Waals surface area contributed by atoms with Gasteiger partial charge in [0.1, 0.15) is 23.0 Å². The minimum Gasteiger partial charge on any atom is -0.545 e. The van der Waals surface area contributed by atoms with Gasteiger partial charge in [-0.15, -0.1) is 0 Å². The van der Waals surface area contributed by atoms with Gasteiger partial charge >= 0.3 is 0 Å². The lowest BCUT2D eigenvalue weighted by atomic mass is 9.93. The first kappa shape index (κ1) is 16.9. The molecular formula is C17H20NO5-. The Bertz CT molecular complexity index is 746. The summed E-state index contributed by atoms with van der Waals surface area (Å²) in [4.78, 5) is 23.4. The van der Waals surface area contributed by atoms with Gasteiger partial charge in [-0.1, -0.05) is 20.8 Å². The molecule has 0 radical (unpaired) electrons. The number of aromatic carboxylic acids is 1. The van der Waals surface area contributed by atoms with E-state index in [-0.39, 0.29) is 29.2 Å². The predicted molar refractivity (Wildman–Crippen MR) is 81.1 cm³/mol. The van der Waals surface area contributed by atoms with Crippen LogP contribution in [0.3, 0.4) is 0 Å². The van der Waals surface area contributed by atoms with E-state index in [0.29, 0.717) is 22.8 Å².